The first kappa shape index (κ1) is 14.9. The summed E-state index contributed by atoms with van der Waals surface area (Å²) in [5.74, 6) is -0.179. The maximum atomic E-state index is 12.5. The van der Waals surface area contributed by atoms with Crippen LogP contribution in [0, 0.1) is 0 Å². The average Bonchev–Trinajstić information content (AvgIpc) is 3.01. The van der Waals surface area contributed by atoms with Crippen molar-refractivity contribution in [2.75, 3.05) is 6.54 Å². The number of halogens is 3. The van der Waals surface area contributed by atoms with Crippen molar-refractivity contribution in [3.8, 4) is 16.9 Å². The zero-order valence-electron chi connectivity index (χ0n) is 11.9. The summed E-state index contributed by atoms with van der Waals surface area (Å²) < 4.78 is 41.5. The van der Waals surface area contributed by atoms with Crippen LogP contribution in [0.15, 0.2) is 48.5 Å². The van der Waals surface area contributed by atoms with Gasteiger partial charge in [0.25, 0.3) is 0 Å². The van der Waals surface area contributed by atoms with E-state index in [1.165, 1.54) is 12.1 Å². The first-order valence-corrected chi connectivity index (χ1v) is 7.21. The summed E-state index contributed by atoms with van der Waals surface area (Å²) >= 11 is 0. The molecular weight excluding hydrogens is 291 g/mol. The maximum absolute atomic E-state index is 12.5. The minimum absolute atomic E-state index is 0.179. The molecule has 1 fully saturated rings. The van der Waals surface area contributed by atoms with Gasteiger partial charge in [0.05, 0.1) is 0 Å². The molecule has 1 aliphatic rings. The molecule has 0 radical (unpaired) electrons. The lowest BCUT2D eigenvalue weighted by Crippen LogP contribution is -2.17. The van der Waals surface area contributed by atoms with Gasteiger partial charge in [0.15, 0.2) is 0 Å². The van der Waals surface area contributed by atoms with Crippen LogP contribution in [0.5, 0.6) is 5.75 Å². The van der Waals surface area contributed by atoms with E-state index in [-0.39, 0.29) is 5.75 Å². The van der Waals surface area contributed by atoms with Crippen molar-refractivity contribution in [1.29, 1.82) is 0 Å². The first-order chi connectivity index (χ1) is 10.5. The Morgan fingerprint density at radius 1 is 1.00 bits per heavy atom. The largest absolute Gasteiger partial charge is 0.573 e. The summed E-state index contributed by atoms with van der Waals surface area (Å²) in [5, 5.41) is 3.40. The summed E-state index contributed by atoms with van der Waals surface area (Å²) in [6.45, 7) is 1.01. The van der Waals surface area contributed by atoms with Crippen molar-refractivity contribution >= 4 is 0 Å². The lowest BCUT2D eigenvalue weighted by atomic mass is 9.99. The molecule has 3 rings (SSSR count). The van der Waals surface area contributed by atoms with Crippen molar-refractivity contribution < 1.29 is 17.9 Å². The minimum Gasteiger partial charge on any atom is -0.405 e. The molecule has 1 atom stereocenters. The number of hydrogen-bond acceptors (Lipinski definition) is 2. The van der Waals surface area contributed by atoms with Gasteiger partial charge in [-0.1, -0.05) is 42.5 Å². The summed E-state index contributed by atoms with van der Waals surface area (Å²) in [5.41, 5.74) is 2.31. The summed E-state index contributed by atoms with van der Waals surface area (Å²) in [6, 6.07) is 14.1. The number of nitrogens with one attached hydrogen (secondary N) is 1. The lowest BCUT2D eigenvalue weighted by Gasteiger charge is -2.14. The van der Waals surface area contributed by atoms with Crippen LogP contribution in [0.4, 0.5) is 13.2 Å². The normalized spacial score (nSPS) is 18.4. The molecule has 116 valence electrons. The Morgan fingerprint density at radius 3 is 2.36 bits per heavy atom. The molecule has 1 aliphatic heterocycles. The Morgan fingerprint density at radius 2 is 1.73 bits per heavy atom. The number of rotatable bonds is 3. The number of alkyl halides is 3. The number of hydrogen-bond donors (Lipinski definition) is 1. The number of benzene rings is 2. The van der Waals surface area contributed by atoms with Gasteiger partial charge < -0.3 is 10.1 Å². The Bertz CT molecular complexity index is 631. The molecular formula is C17H16F3NO. The zero-order valence-corrected chi connectivity index (χ0v) is 11.9. The molecule has 0 aromatic heterocycles. The van der Waals surface area contributed by atoms with Gasteiger partial charge >= 0.3 is 6.36 Å². The van der Waals surface area contributed by atoms with Crippen LogP contribution < -0.4 is 10.1 Å². The van der Waals surface area contributed by atoms with E-state index in [0.29, 0.717) is 17.2 Å². The molecule has 1 heterocycles. The quantitative estimate of drug-likeness (QED) is 0.889. The fourth-order valence-corrected chi connectivity index (χ4v) is 2.78. The third-order valence-corrected chi connectivity index (χ3v) is 3.80. The van der Waals surface area contributed by atoms with E-state index in [1.54, 1.807) is 12.1 Å². The van der Waals surface area contributed by atoms with Gasteiger partial charge in [-0.2, -0.15) is 0 Å². The van der Waals surface area contributed by atoms with Crippen molar-refractivity contribution in [2.45, 2.75) is 25.2 Å². The van der Waals surface area contributed by atoms with Crippen molar-refractivity contribution in [1.82, 2.24) is 5.32 Å². The Hall–Kier alpha value is -2.01. The Labute approximate surface area is 126 Å². The fourth-order valence-electron chi connectivity index (χ4n) is 2.78. The molecule has 2 aromatic carbocycles. The molecule has 5 heteroatoms. The van der Waals surface area contributed by atoms with E-state index in [4.69, 9.17) is 0 Å². The van der Waals surface area contributed by atoms with E-state index in [1.807, 2.05) is 24.3 Å². The summed E-state index contributed by atoms with van der Waals surface area (Å²) in [6.07, 6.45) is -2.45. The standard InChI is InChI=1S/C17H16F3NO/c18-17(19,20)22-16-6-2-1-4-14(16)12-7-9-13(10-8-12)15-5-3-11-21-15/h1-2,4,6-10,15,21H,3,5,11H2. The fraction of sp³-hybridized carbons (Fsp3) is 0.294. The molecule has 0 amide bonds. The molecule has 1 N–H and O–H groups in total. The highest BCUT2D eigenvalue weighted by atomic mass is 19.4. The van der Waals surface area contributed by atoms with Crippen LogP contribution >= 0.6 is 0 Å². The van der Waals surface area contributed by atoms with Crippen LogP contribution in [0.2, 0.25) is 0 Å². The molecule has 1 saturated heterocycles. The van der Waals surface area contributed by atoms with Crippen LogP contribution in [-0.2, 0) is 0 Å². The van der Waals surface area contributed by atoms with Gasteiger partial charge in [0, 0.05) is 11.6 Å². The zero-order chi connectivity index (χ0) is 15.6. The van der Waals surface area contributed by atoms with Gasteiger partial charge in [-0.05, 0) is 36.6 Å². The molecule has 2 nitrogen and oxygen atoms in total. The first-order valence-electron chi connectivity index (χ1n) is 7.21. The Balaban J connectivity index is 1.87. The topological polar surface area (TPSA) is 21.3 Å². The number of ether oxygens (including phenoxy) is 1. The van der Waals surface area contributed by atoms with E-state index < -0.39 is 6.36 Å². The average molecular weight is 307 g/mol. The van der Waals surface area contributed by atoms with Crippen molar-refractivity contribution in [3.63, 3.8) is 0 Å². The highest BCUT2D eigenvalue weighted by molar-refractivity contribution is 5.70. The van der Waals surface area contributed by atoms with Gasteiger partial charge in [-0.3, -0.25) is 0 Å². The number of para-hydroxylation sites is 1. The van der Waals surface area contributed by atoms with Crippen LogP contribution in [-0.4, -0.2) is 12.9 Å². The second-order valence-corrected chi connectivity index (χ2v) is 5.31. The second-order valence-electron chi connectivity index (χ2n) is 5.31. The van der Waals surface area contributed by atoms with E-state index >= 15 is 0 Å². The molecule has 0 bridgehead atoms. The predicted molar refractivity (Wildman–Crippen MR) is 78.5 cm³/mol. The molecule has 0 saturated carbocycles. The molecule has 0 aliphatic carbocycles. The monoisotopic (exact) mass is 307 g/mol. The predicted octanol–water partition coefficient (Wildman–Crippen LogP) is 4.68. The molecule has 1 unspecified atom stereocenters. The maximum Gasteiger partial charge on any atom is 0.573 e. The van der Waals surface area contributed by atoms with Crippen molar-refractivity contribution in [3.05, 3.63) is 54.1 Å². The van der Waals surface area contributed by atoms with Gasteiger partial charge in [0.2, 0.25) is 0 Å². The van der Waals surface area contributed by atoms with Crippen LogP contribution in [0.25, 0.3) is 11.1 Å². The highest BCUT2D eigenvalue weighted by Gasteiger charge is 2.32. The SMILES string of the molecule is FC(F)(F)Oc1ccccc1-c1ccc(C2CCCN2)cc1. The van der Waals surface area contributed by atoms with E-state index in [9.17, 15) is 13.2 Å². The minimum atomic E-state index is -4.69. The summed E-state index contributed by atoms with van der Waals surface area (Å²) in [4.78, 5) is 0. The van der Waals surface area contributed by atoms with Crippen LogP contribution in [0.3, 0.4) is 0 Å². The van der Waals surface area contributed by atoms with E-state index in [0.717, 1.165) is 24.9 Å². The second kappa shape index (κ2) is 6.01. The molecule has 0 spiro atoms. The Kier molecular flexibility index (Phi) is 4.07. The van der Waals surface area contributed by atoms with Crippen LogP contribution in [0.1, 0.15) is 24.4 Å². The summed E-state index contributed by atoms with van der Waals surface area (Å²) in [7, 11) is 0. The third kappa shape index (κ3) is 3.42. The lowest BCUT2D eigenvalue weighted by molar-refractivity contribution is -0.274. The highest BCUT2D eigenvalue weighted by Crippen LogP contribution is 2.34. The van der Waals surface area contributed by atoms with Gasteiger partial charge in [0.1, 0.15) is 5.75 Å². The van der Waals surface area contributed by atoms with Gasteiger partial charge in [-0.25, -0.2) is 0 Å². The van der Waals surface area contributed by atoms with Crippen molar-refractivity contribution in [2.24, 2.45) is 0 Å². The third-order valence-electron chi connectivity index (χ3n) is 3.80. The molecule has 2 aromatic rings. The smallest absolute Gasteiger partial charge is 0.405 e. The van der Waals surface area contributed by atoms with Gasteiger partial charge in [-0.15, -0.1) is 13.2 Å². The molecule has 22 heavy (non-hydrogen) atoms. The van der Waals surface area contributed by atoms with E-state index in [2.05, 4.69) is 10.1 Å².